The third kappa shape index (κ3) is 1.66. The van der Waals surface area contributed by atoms with E-state index >= 15 is 0 Å². The van der Waals surface area contributed by atoms with Gasteiger partial charge in [0.15, 0.2) is 5.82 Å². The first-order chi connectivity index (χ1) is 7.43. The van der Waals surface area contributed by atoms with Crippen LogP contribution in [0.5, 0.6) is 0 Å². The van der Waals surface area contributed by atoms with E-state index in [-0.39, 0.29) is 0 Å². The van der Waals surface area contributed by atoms with Crippen LogP contribution in [0.3, 0.4) is 0 Å². The van der Waals surface area contributed by atoms with Crippen molar-refractivity contribution in [3.05, 3.63) is 11.8 Å². The first kappa shape index (κ1) is 8.99. The van der Waals surface area contributed by atoms with E-state index in [2.05, 4.69) is 25.6 Å². The summed E-state index contributed by atoms with van der Waals surface area (Å²) >= 11 is 1.54. The Morgan fingerprint density at radius 1 is 1.40 bits per heavy atom. The van der Waals surface area contributed by atoms with Gasteiger partial charge in [0.05, 0.1) is 5.51 Å². The molecular formula is C9H11N5S. The van der Waals surface area contributed by atoms with Crippen molar-refractivity contribution >= 4 is 27.5 Å². The molecule has 6 heteroatoms. The molecule has 3 rings (SSSR count). The standard InChI is InChI=1S/C9H11N5S/c1-2-10-3-6(1)14-8-7-9(12-4-11-8)15-5-13-7/h4-6,10H,1-3H2,(H,11,12,14). The minimum absolute atomic E-state index is 0.463. The second-order valence-corrected chi connectivity index (χ2v) is 4.40. The van der Waals surface area contributed by atoms with Gasteiger partial charge in [0, 0.05) is 12.6 Å². The van der Waals surface area contributed by atoms with Crippen LogP contribution in [-0.2, 0) is 0 Å². The van der Waals surface area contributed by atoms with Crippen LogP contribution in [0.1, 0.15) is 6.42 Å². The van der Waals surface area contributed by atoms with Gasteiger partial charge in [-0.25, -0.2) is 15.0 Å². The number of nitrogens with zero attached hydrogens (tertiary/aromatic N) is 3. The number of anilines is 1. The van der Waals surface area contributed by atoms with Crippen LogP contribution in [-0.4, -0.2) is 34.1 Å². The zero-order valence-electron chi connectivity index (χ0n) is 8.10. The maximum absolute atomic E-state index is 4.27. The highest BCUT2D eigenvalue weighted by atomic mass is 32.1. The minimum Gasteiger partial charge on any atom is -0.364 e. The predicted octanol–water partition coefficient (Wildman–Crippen LogP) is 0.860. The number of thiazole rings is 1. The molecule has 1 saturated heterocycles. The fourth-order valence-corrected chi connectivity index (χ4v) is 2.40. The average molecular weight is 221 g/mol. The molecule has 1 unspecified atom stereocenters. The SMILES string of the molecule is c1nc(NC2CCNC2)c2ncsc2n1. The Bertz CT molecular complexity index is 462. The molecular weight excluding hydrogens is 210 g/mol. The van der Waals surface area contributed by atoms with Crippen molar-refractivity contribution in [2.24, 2.45) is 0 Å². The summed E-state index contributed by atoms with van der Waals surface area (Å²) in [6.07, 6.45) is 2.72. The van der Waals surface area contributed by atoms with E-state index in [0.29, 0.717) is 6.04 Å². The monoisotopic (exact) mass is 221 g/mol. The molecule has 5 nitrogen and oxygen atoms in total. The van der Waals surface area contributed by atoms with Gasteiger partial charge in [0.2, 0.25) is 0 Å². The molecule has 0 bridgehead atoms. The Balaban J connectivity index is 1.92. The quantitative estimate of drug-likeness (QED) is 0.787. The molecule has 2 N–H and O–H groups in total. The van der Waals surface area contributed by atoms with Gasteiger partial charge in [0.25, 0.3) is 0 Å². The lowest BCUT2D eigenvalue weighted by atomic mass is 10.2. The molecule has 0 saturated carbocycles. The van der Waals surface area contributed by atoms with Crippen LogP contribution in [0.4, 0.5) is 5.82 Å². The van der Waals surface area contributed by atoms with Gasteiger partial charge in [-0.05, 0) is 13.0 Å². The number of hydrogen-bond donors (Lipinski definition) is 2. The van der Waals surface area contributed by atoms with E-state index in [9.17, 15) is 0 Å². The van der Waals surface area contributed by atoms with Gasteiger partial charge >= 0.3 is 0 Å². The van der Waals surface area contributed by atoms with E-state index in [4.69, 9.17) is 0 Å². The van der Waals surface area contributed by atoms with Crippen molar-refractivity contribution in [2.45, 2.75) is 12.5 Å². The molecule has 1 atom stereocenters. The number of aromatic nitrogens is 3. The predicted molar refractivity (Wildman–Crippen MR) is 60.1 cm³/mol. The summed E-state index contributed by atoms with van der Waals surface area (Å²) in [5.74, 6) is 0.856. The molecule has 0 aliphatic carbocycles. The second-order valence-electron chi connectivity index (χ2n) is 3.56. The Labute approximate surface area is 91.0 Å². The van der Waals surface area contributed by atoms with Crippen molar-refractivity contribution < 1.29 is 0 Å². The zero-order valence-corrected chi connectivity index (χ0v) is 8.92. The molecule has 78 valence electrons. The summed E-state index contributed by atoms with van der Waals surface area (Å²) in [4.78, 5) is 13.6. The van der Waals surface area contributed by atoms with Gasteiger partial charge in [-0.1, -0.05) is 0 Å². The summed E-state index contributed by atoms with van der Waals surface area (Å²) < 4.78 is 0. The van der Waals surface area contributed by atoms with Crippen LogP contribution in [0.15, 0.2) is 11.8 Å². The van der Waals surface area contributed by atoms with E-state index in [1.54, 1.807) is 23.2 Å². The van der Waals surface area contributed by atoms with Gasteiger partial charge in [-0.3, -0.25) is 0 Å². The number of fused-ring (bicyclic) bond motifs is 1. The maximum atomic E-state index is 4.27. The Morgan fingerprint density at radius 3 is 3.27 bits per heavy atom. The van der Waals surface area contributed by atoms with Crippen molar-refractivity contribution in [2.75, 3.05) is 18.4 Å². The van der Waals surface area contributed by atoms with Crippen LogP contribution in [0, 0.1) is 0 Å². The molecule has 2 aromatic rings. The molecule has 1 fully saturated rings. The van der Waals surface area contributed by atoms with Crippen LogP contribution in [0.25, 0.3) is 10.3 Å². The zero-order chi connectivity index (χ0) is 10.1. The summed E-state index contributed by atoms with van der Waals surface area (Å²) in [6, 6.07) is 0.463. The van der Waals surface area contributed by atoms with Crippen LogP contribution in [0.2, 0.25) is 0 Å². The highest BCUT2D eigenvalue weighted by molar-refractivity contribution is 7.16. The smallest absolute Gasteiger partial charge is 0.157 e. The first-order valence-corrected chi connectivity index (χ1v) is 5.83. The van der Waals surface area contributed by atoms with Crippen LogP contribution >= 0.6 is 11.3 Å². The number of nitrogens with one attached hydrogen (secondary N) is 2. The van der Waals surface area contributed by atoms with Crippen molar-refractivity contribution in [3.8, 4) is 0 Å². The molecule has 0 amide bonds. The second kappa shape index (κ2) is 3.71. The van der Waals surface area contributed by atoms with E-state index in [1.165, 1.54) is 0 Å². The molecule has 3 heterocycles. The van der Waals surface area contributed by atoms with Gasteiger partial charge in [0.1, 0.15) is 16.7 Å². The Morgan fingerprint density at radius 2 is 2.40 bits per heavy atom. The summed E-state index contributed by atoms with van der Waals surface area (Å²) in [6.45, 7) is 2.07. The van der Waals surface area contributed by atoms with E-state index < -0.39 is 0 Å². The first-order valence-electron chi connectivity index (χ1n) is 4.95. The summed E-state index contributed by atoms with van der Waals surface area (Å²) in [7, 11) is 0. The molecule has 0 radical (unpaired) electrons. The normalized spacial score (nSPS) is 20.9. The maximum Gasteiger partial charge on any atom is 0.157 e. The summed E-state index contributed by atoms with van der Waals surface area (Å²) in [5, 5.41) is 6.71. The third-order valence-electron chi connectivity index (χ3n) is 2.54. The van der Waals surface area contributed by atoms with E-state index in [1.807, 2.05) is 0 Å². The number of hydrogen-bond acceptors (Lipinski definition) is 6. The lowest BCUT2D eigenvalue weighted by Gasteiger charge is -2.11. The molecule has 2 aromatic heterocycles. The fourth-order valence-electron chi connectivity index (χ4n) is 1.77. The lowest BCUT2D eigenvalue weighted by molar-refractivity contribution is 0.788. The largest absolute Gasteiger partial charge is 0.364 e. The Hall–Kier alpha value is -1.27. The fraction of sp³-hybridized carbons (Fsp3) is 0.444. The van der Waals surface area contributed by atoms with E-state index in [0.717, 1.165) is 35.7 Å². The Kier molecular flexibility index (Phi) is 2.22. The average Bonchev–Trinajstić information content (AvgIpc) is 2.87. The molecule has 15 heavy (non-hydrogen) atoms. The third-order valence-corrected chi connectivity index (χ3v) is 3.27. The van der Waals surface area contributed by atoms with Crippen LogP contribution < -0.4 is 10.6 Å². The molecule has 0 aromatic carbocycles. The topological polar surface area (TPSA) is 62.7 Å². The van der Waals surface area contributed by atoms with Gasteiger partial charge in [-0.2, -0.15) is 0 Å². The van der Waals surface area contributed by atoms with Gasteiger partial charge < -0.3 is 10.6 Å². The molecule has 1 aliphatic rings. The van der Waals surface area contributed by atoms with Crippen molar-refractivity contribution in [1.82, 2.24) is 20.3 Å². The van der Waals surface area contributed by atoms with Gasteiger partial charge in [-0.15, -0.1) is 11.3 Å². The summed E-state index contributed by atoms with van der Waals surface area (Å²) in [5.41, 5.74) is 2.69. The number of rotatable bonds is 2. The molecule has 1 aliphatic heterocycles. The van der Waals surface area contributed by atoms with Crippen molar-refractivity contribution in [1.29, 1.82) is 0 Å². The highest BCUT2D eigenvalue weighted by Crippen LogP contribution is 2.21. The lowest BCUT2D eigenvalue weighted by Crippen LogP contribution is -2.22. The highest BCUT2D eigenvalue weighted by Gasteiger charge is 2.16. The minimum atomic E-state index is 0.463. The van der Waals surface area contributed by atoms with Crippen molar-refractivity contribution in [3.63, 3.8) is 0 Å². The molecule has 0 spiro atoms.